The first-order valence-electron chi connectivity index (χ1n) is 6.51. The van der Waals surface area contributed by atoms with Crippen molar-refractivity contribution in [2.75, 3.05) is 7.11 Å². The predicted octanol–water partition coefficient (Wildman–Crippen LogP) is 1.94. The van der Waals surface area contributed by atoms with E-state index in [0.29, 0.717) is 0 Å². The minimum absolute atomic E-state index is 0.0188. The van der Waals surface area contributed by atoms with E-state index in [-0.39, 0.29) is 6.04 Å². The topological polar surface area (TPSA) is 66.0 Å². The molecule has 1 unspecified atom stereocenters. The monoisotopic (exact) mass is 260 g/mol. The average Bonchev–Trinajstić information content (AvgIpc) is 2.93. The van der Waals surface area contributed by atoms with Crippen LogP contribution in [0.4, 0.5) is 0 Å². The number of nitrogens with two attached hydrogens (primary N) is 1. The molecule has 2 rings (SSSR count). The number of ether oxygens (including phenoxy) is 1. The lowest BCUT2D eigenvalue weighted by atomic mass is 10.1. The summed E-state index contributed by atoms with van der Waals surface area (Å²) >= 11 is 0. The summed E-state index contributed by atoms with van der Waals surface area (Å²) in [5.41, 5.74) is 8.02. The van der Waals surface area contributed by atoms with Crippen molar-refractivity contribution in [3.05, 3.63) is 41.7 Å². The fraction of sp³-hybridized carbons (Fsp3) is 0.429. The molecule has 0 radical (unpaired) electrons. The highest BCUT2D eigenvalue weighted by molar-refractivity contribution is 5.27. The second-order valence-electron chi connectivity index (χ2n) is 4.52. The summed E-state index contributed by atoms with van der Waals surface area (Å²) in [4.78, 5) is 0. The number of aryl methyl sites for hydroxylation is 2. The molecule has 0 aliphatic heterocycles. The number of nitrogens with zero attached hydrogens (tertiary/aromatic N) is 3. The van der Waals surface area contributed by atoms with Crippen LogP contribution in [0.1, 0.15) is 30.6 Å². The average molecular weight is 260 g/mol. The maximum absolute atomic E-state index is 5.92. The van der Waals surface area contributed by atoms with Gasteiger partial charge in [0.05, 0.1) is 25.0 Å². The SMILES string of the molecule is CCC(N)c1cn(CCc2ccc(OC)cc2)nn1. The van der Waals surface area contributed by atoms with Crippen LogP contribution in [0, 0.1) is 0 Å². The zero-order chi connectivity index (χ0) is 13.7. The number of benzene rings is 1. The van der Waals surface area contributed by atoms with Gasteiger partial charge >= 0.3 is 0 Å². The van der Waals surface area contributed by atoms with Crippen molar-refractivity contribution in [3.63, 3.8) is 0 Å². The molecular formula is C14H20N4O. The number of rotatable bonds is 6. The van der Waals surface area contributed by atoms with Gasteiger partial charge in [-0.2, -0.15) is 0 Å². The number of hydrogen-bond donors (Lipinski definition) is 1. The number of methoxy groups -OCH3 is 1. The summed E-state index contributed by atoms with van der Waals surface area (Å²) in [5, 5.41) is 8.19. The Morgan fingerprint density at radius 2 is 2.05 bits per heavy atom. The van der Waals surface area contributed by atoms with E-state index in [2.05, 4.69) is 22.4 Å². The van der Waals surface area contributed by atoms with Gasteiger partial charge < -0.3 is 10.5 Å². The second kappa shape index (κ2) is 6.33. The lowest BCUT2D eigenvalue weighted by Crippen LogP contribution is -2.08. The van der Waals surface area contributed by atoms with Crippen molar-refractivity contribution in [2.45, 2.75) is 32.4 Å². The molecule has 0 saturated heterocycles. The van der Waals surface area contributed by atoms with Crippen LogP contribution in [0.2, 0.25) is 0 Å². The normalized spacial score (nSPS) is 12.4. The van der Waals surface area contributed by atoms with Crippen LogP contribution in [-0.4, -0.2) is 22.1 Å². The zero-order valence-electron chi connectivity index (χ0n) is 11.4. The van der Waals surface area contributed by atoms with Crippen LogP contribution in [0.15, 0.2) is 30.5 Å². The van der Waals surface area contributed by atoms with Gasteiger partial charge in [-0.05, 0) is 30.5 Å². The quantitative estimate of drug-likeness (QED) is 0.862. The first kappa shape index (κ1) is 13.5. The Morgan fingerprint density at radius 1 is 1.32 bits per heavy atom. The van der Waals surface area contributed by atoms with Gasteiger partial charge in [0.15, 0.2) is 0 Å². The molecule has 1 aromatic carbocycles. The van der Waals surface area contributed by atoms with Gasteiger partial charge in [-0.15, -0.1) is 5.10 Å². The molecule has 1 atom stereocenters. The summed E-state index contributed by atoms with van der Waals surface area (Å²) in [6.07, 6.45) is 3.71. The summed E-state index contributed by atoms with van der Waals surface area (Å²) in [7, 11) is 1.67. The molecule has 0 fully saturated rings. The number of aromatic nitrogens is 3. The fourth-order valence-electron chi connectivity index (χ4n) is 1.84. The van der Waals surface area contributed by atoms with Gasteiger partial charge in [0.25, 0.3) is 0 Å². The molecule has 0 saturated carbocycles. The molecule has 1 aromatic heterocycles. The second-order valence-corrected chi connectivity index (χ2v) is 4.52. The highest BCUT2D eigenvalue weighted by Gasteiger charge is 2.08. The van der Waals surface area contributed by atoms with Gasteiger partial charge in [0.1, 0.15) is 5.75 Å². The van der Waals surface area contributed by atoms with Gasteiger partial charge in [-0.1, -0.05) is 24.3 Å². The highest BCUT2D eigenvalue weighted by Crippen LogP contribution is 2.13. The standard InChI is InChI=1S/C14H20N4O/c1-3-13(15)14-10-18(17-16-14)9-8-11-4-6-12(19-2)7-5-11/h4-7,10,13H,3,8-9,15H2,1-2H3. The third kappa shape index (κ3) is 3.54. The zero-order valence-corrected chi connectivity index (χ0v) is 11.4. The summed E-state index contributed by atoms with van der Waals surface area (Å²) in [5.74, 6) is 0.876. The molecule has 1 heterocycles. The molecule has 0 amide bonds. The molecule has 0 aliphatic carbocycles. The number of hydrogen-bond acceptors (Lipinski definition) is 4. The van der Waals surface area contributed by atoms with E-state index < -0.39 is 0 Å². The third-order valence-corrected chi connectivity index (χ3v) is 3.16. The van der Waals surface area contributed by atoms with E-state index in [1.165, 1.54) is 5.56 Å². The van der Waals surface area contributed by atoms with Crippen molar-refractivity contribution in [2.24, 2.45) is 5.73 Å². The molecule has 0 spiro atoms. The van der Waals surface area contributed by atoms with Crippen LogP contribution in [0.25, 0.3) is 0 Å². The largest absolute Gasteiger partial charge is 0.497 e. The molecule has 5 nitrogen and oxygen atoms in total. The Kier molecular flexibility index (Phi) is 4.52. The summed E-state index contributed by atoms with van der Waals surface area (Å²) in [6.45, 7) is 2.84. The Bertz CT molecular complexity index is 506. The molecule has 102 valence electrons. The van der Waals surface area contributed by atoms with Crippen molar-refractivity contribution in [3.8, 4) is 5.75 Å². The van der Waals surface area contributed by atoms with Crippen molar-refractivity contribution < 1.29 is 4.74 Å². The Balaban J connectivity index is 1.92. The molecule has 19 heavy (non-hydrogen) atoms. The fourth-order valence-corrected chi connectivity index (χ4v) is 1.84. The van der Waals surface area contributed by atoms with Crippen LogP contribution in [0.3, 0.4) is 0 Å². The first-order chi connectivity index (χ1) is 9.22. The smallest absolute Gasteiger partial charge is 0.118 e. The van der Waals surface area contributed by atoms with E-state index in [9.17, 15) is 0 Å². The molecule has 2 aromatic rings. The molecule has 5 heteroatoms. The van der Waals surface area contributed by atoms with Crippen LogP contribution < -0.4 is 10.5 Å². The van der Waals surface area contributed by atoms with E-state index in [1.807, 2.05) is 29.9 Å². The summed E-state index contributed by atoms with van der Waals surface area (Å²) in [6, 6.07) is 8.04. The van der Waals surface area contributed by atoms with E-state index in [0.717, 1.165) is 30.8 Å². The maximum Gasteiger partial charge on any atom is 0.118 e. The van der Waals surface area contributed by atoms with E-state index in [4.69, 9.17) is 10.5 Å². The molecule has 0 aliphatic rings. The minimum Gasteiger partial charge on any atom is -0.497 e. The Hall–Kier alpha value is -1.88. The van der Waals surface area contributed by atoms with Crippen LogP contribution in [-0.2, 0) is 13.0 Å². The Morgan fingerprint density at radius 3 is 2.68 bits per heavy atom. The van der Waals surface area contributed by atoms with Gasteiger partial charge in [-0.25, -0.2) is 0 Å². The van der Waals surface area contributed by atoms with E-state index >= 15 is 0 Å². The molecule has 2 N–H and O–H groups in total. The lowest BCUT2D eigenvalue weighted by molar-refractivity contribution is 0.414. The van der Waals surface area contributed by atoms with Crippen molar-refractivity contribution >= 4 is 0 Å². The maximum atomic E-state index is 5.92. The predicted molar refractivity (Wildman–Crippen MR) is 73.9 cm³/mol. The van der Waals surface area contributed by atoms with Crippen LogP contribution >= 0.6 is 0 Å². The minimum atomic E-state index is -0.0188. The van der Waals surface area contributed by atoms with Crippen molar-refractivity contribution in [1.82, 2.24) is 15.0 Å². The lowest BCUT2D eigenvalue weighted by Gasteiger charge is -2.04. The Labute approximate surface area is 113 Å². The van der Waals surface area contributed by atoms with Gasteiger partial charge in [-0.3, -0.25) is 4.68 Å². The first-order valence-corrected chi connectivity index (χ1v) is 6.51. The molecule has 0 bridgehead atoms. The van der Waals surface area contributed by atoms with E-state index in [1.54, 1.807) is 7.11 Å². The summed E-state index contributed by atoms with van der Waals surface area (Å²) < 4.78 is 6.97. The third-order valence-electron chi connectivity index (χ3n) is 3.16. The van der Waals surface area contributed by atoms with Crippen LogP contribution in [0.5, 0.6) is 5.75 Å². The highest BCUT2D eigenvalue weighted by atomic mass is 16.5. The van der Waals surface area contributed by atoms with Crippen molar-refractivity contribution in [1.29, 1.82) is 0 Å². The van der Waals surface area contributed by atoms with Gasteiger partial charge in [0.2, 0.25) is 0 Å². The van der Waals surface area contributed by atoms with Gasteiger partial charge in [0, 0.05) is 6.54 Å². The molecular weight excluding hydrogens is 240 g/mol.